The van der Waals surface area contributed by atoms with Gasteiger partial charge in [0.2, 0.25) is 0 Å². The Balaban J connectivity index is 2.08. The molecular formula is C15H11F3N4O2. The van der Waals surface area contributed by atoms with Crippen molar-refractivity contribution < 1.29 is 13.2 Å². The zero-order chi connectivity index (χ0) is 17.1. The van der Waals surface area contributed by atoms with Crippen molar-refractivity contribution in [2.24, 2.45) is 0 Å². The van der Waals surface area contributed by atoms with Crippen molar-refractivity contribution in [1.82, 2.24) is 19.7 Å². The summed E-state index contributed by atoms with van der Waals surface area (Å²) in [5.41, 5.74) is -3.47. The summed E-state index contributed by atoms with van der Waals surface area (Å²) in [7, 11) is 0. The first-order chi connectivity index (χ1) is 11.3. The van der Waals surface area contributed by atoms with Gasteiger partial charge in [-0.3, -0.25) is 14.8 Å². The molecule has 3 aromatic rings. The molecular weight excluding hydrogens is 325 g/mol. The van der Waals surface area contributed by atoms with E-state index in [-0.39, 0.29) is 5.65 Å². The van der Waals surface area contributed by atoms with Gasteiger partial charge in [0.1, 0.15) is 11.0 Å². The molecule has 24 heavy (non-hydrogen) atoms. The normalized spacial score (nSPS) is 16.5. The van der Waals surface area contributed by atoms with E-state index in [0.29, 0.717) is 12.8 Å². The zero-order valence-electron chi connectivity index (χ0n) is 12.1. The molecule has 9 heteroatoms. The van der Waals surface area contributed by atoms with Gasteiger partial charge < -0.3 is 0 Å². The first-order valence-corrected chi connectivity index (χ1v) is 7.21. The monoisotopic (exact) mass is 336 g/mol. The van der Waals surface area contributed by atoms with E-state index in [1.807, 2.05) is 4.98 Å². The molecule has 6 nitrogen and oxygen atoms in total. The highest BCUT2D eigenvalue weighted by atomic mass is 19.4. The highest BCUT2D eigenvalue weighted by molar-refractivity contribution is 5.78. The van der Waals surface area contributed by atoms with Crippen LogP contribution in [0.1, 0.15) is 24.1 Å². The van der Waals surface area contributed by atoms with E-state index < -0.39 is 34.0 Å². The number of H-pyrrole nitrogens is 2. The fraction of sp³-hybridized carbons (Fsp3) is 0.267. The number of benzene rings is 1. The number of aromatic nitrogens is 4. The lowest BCUT2D eigenvalue weighted by molar-refractivity contribution is -0.140. The molecule has 4 rings (SSSR count). The van der Waals surface area contributed by atoms with Crippen molar-refractivity contribution in [3.8, 4) is 0 Å². The van der Waals surface area contributed by atoms with Crippen LogP contribution < -0.4 is 11.2 Å². The van der Waals surface area contributed by atoms with E-state index in [4.69, 9.17) is 0 Å². The van der Waals surface area contributed by atoms with Gasteiger partial charge in [-0.1, -0.05) is 30.3 Å². The van der Waals surface area contributed by atoms with Crippen molar-refractivity contribution in [3.05, 3.63) is 62.4 Å². The van der Waals surface area contributed by atoms with Gasteiger partial charge in [0.25, 0.3) is 5.56 Å². The molecule has 0 unspecified atom stereocenters. The first kappa shape index (κ1) is 14.7. The van der Waals surface area contributed by atoms with Crippen LogP contribution in [0, 0.1) is 0 Å². The number of fused-ring (bicyclic) bond motifs is 1. The molecule has 1 saturated carbocycles. The van der Waals surface area contributed by atoms with Gasteiger partial charge >= 0.3 is 11.9 Å². The summed E-state index contributed by atoms with van der Waals surface area (Å²) in [6.07, 6.45) is -3.67. The van der Waals surface area contributed by atoms with Crippen LogP contribution in [0.4, 0.5) is 13.2 Å². The van der Waals surface area contributed by atoms with Crippen LogP contribution in [-0.2, 0) is 11.7 Å². The second-order valence-corrected chi connectivity index (χ2v) is 5.79. The summed E-state index contributed by atoms with van der Waals surface area (Å²) in [5.74, 6) is 0. The van der Waals surface area contributed by atoms with Gasteiger partial charge in [-0.05, 0) is 18.4 Å². The average Bonchev–Trinajstić information content (AvgIpc) is 3.22. The smallest absolute Gasteiger partial charge is 0.291 e. The molecule has 0 saturated heterocycles. The molecule has 0 radical (unpaired) electrons. The van der Waals surface area contributed by atoms with Crippen molar-refractivity contribution in [2.45, 2.75) is 24.6 Å². The second-order valence-electron chi connectivity index (χ2n) is 5.79. The van der Waals surface area contributed by atoms with Crippen LogP contribution >= 0.6 is 0 Å². The predicted octanol–water partition coefficient (Wildman–Crippen LogP) is 1.97. The van der Waals surface area contributed by atoms with Crippen molar-refractivity contribution in [3.63, 3.8) is 0 Å². The summed E-state index contributed by atoms with van der Waals surface area (Å²) in [6, 6.07) is 8.94. The predicted molar refractivity (Wildman–Crippen MR) is 78.7 cm³/mol. The Labute approximate surface area is 131 Å². The quantitative estimate of drug-likeness (QED) is 0.750. The summed E-state index contributed by atoms with van der Waals surface area (Å²) >= 11 is 0. The van der Waals surface area contributed by atoms with Gasteiger partial charge in [0.05, 0.1) is 5.54 Å². The van der Waals surface area contributed by atoms with E-state index in [1.165, 1.54) is 0 Å². The van der Waals surface area contributed by atoms with Gasteiger partial charge in [0.15, 0.2) is 5.69 Å². The zero-order valence-corrected chi connectivity index (χ0v) is 12.1. The molecule has 1 aliphatic carbocycles. The Morgan fingerprint density at radius 2 is 1.75 bits per heavy atom. The van der Waals surface area contributed by atoms with Crippen LogP contribution in [-0.4, -0.2) is 19.7 Å². The van der Waals surface area contributed by atoms with Crippen LogP contribution in [0.5, 0.6) is 0 Å². The number of hydrogen-bond acceptors (Lipinski definition) is 3. The number of halogens is 3. The molecule has 0 aliphatic heterocycles. The summed E-state index contributed by atoms with van der Waals surface area (Å²) in [5, 5.41) is 3.03. The maximum atomic E-state index is 13.3. The molecule has 1 aromatic carbocycles. The molecule has 2 aromatic heterocycles. The molecule has 1 fully saturated rings. The van der Waals surface area contributed by atoms with E-state index in [1.54, 1.807) is 30.3 Å². The fourth-order valence-corrected chi connectivity index (χ4v) is 3.05. The van der Waals surface area contributed by atoms with Crippen molar-refractivity contribution in [2.75, 3.05) is 0 Å². The molecule has 0 amide bonds. The average molecular weight is 336 g/mol. The number of aromatic amines is 2. The SMILES string of the molecule is O=c1[nH]c(=O)c2c(C(F)(F)F)nn(C3(c4ccccc4)CC3)c2[nH]1. The lowest BCUT2D eigenvalue weighted by Gasteiger charge is -2.17. The number of nitrogens with zero attached hydrogens (tertiary/aromatic N) is 2. The molecule has 0 spiro atoms. The number of nitrogens with one attached hydrogen (secondary N) is 2. The van der Waals surface area contributed by atoms with Gasteiger partial charge in [0, 0.05) is 0 Å². The third-order valence-corrected chi connectivity index (χ3v) is 4.28. The maximum Gasteiger partial charge on any atom is 0.436 e. The van der Waals surface area contributed by atoms with E-state index in [0.717, 1.165) is 10.2 Å². The van der Waals surface area contributed by atoms with Crippen LogP contribution in [0.2, 0.25) is 0 Å². The standard InChI is InChI=1S/C15H11F3N4O2/c16-15(17,18)10-9-11(19-13(24)20-12(9)23)22(21-10)14(6-7-14)8-4-2-1-3-5-8/h1-5H,6-7H2,(H2,19,20,23,24). The molecule has 2 N–H and O–H groups in total. The lowest BCUT2D eigenvalue weighted by Crippen LogP contribution is -2.25. The number of alkyl halides is 3. The first-order valence-electron chi connectivity index (χ1n) is 7.21. The van der Waals surface area contributed by atoms with Gasteiger partial charge in [-0.15, -0.1) is 0 Å². The van der Waals surface area contributed by atoms with Gasteiger partial charge in [-0.2, -0.15) is 18.3 Å². The molecule has 0 bridgehead atoms. The molecule has 2 heterocycles. The van der Waals surface area contributed by atoms with Crippen LogP contribution in [0.3, 0.4) is 0 Å². The Bertz CT molecular complexity index is 1040. The summed E-state index contributed by atoms with van der Waals surface area (Å²) in [6.45, 7) is 0. The van der Waals surface area contributed by atoms with E-state index in [9.17, 15) is 22.8 Å². The highest BCUT2D eigenvalue weighted by Crippen LogP contribution is 2.50. The fourth-order valence-electron chi connectivity index (χ4n) is 3.05. The molecule has 124 valence electrons. The summed E-state index contributed by atoms with van der Waals surface area (Å²) < 4.78 is 41.0. The van der Waals surface area contributed by atoms with Crippen LogP contribution in [0.15, 0.2) is 39.9 Å². The van der Waals surface area contributed by atoms with E-state index >= 15 is 0 Å². The molecule has 0 atom stereocenters. The Morgan fingerprint density at radius 1 is 1.08 bits per heavy atom. The second kappa shape index (κ2) is 4.59. The van der Waals surface area contributed by atoms with E-state index in [2.05, 4.69) is 10.1 Å². The Kier molecular flexibility index (Phi) is 2.82. The largest absolute Gasteiger partial charge is 0.436 e. The lowest BCUT2D eigenvalue weighted by atomic mass is 10.1. The summed E-state index contributed by atoms with van der Waals surface area (Å²) in [4.78, 5) is 27.6. The number of rotatable bonds is 2. The van der Waals surface area contributed by atoms with Crippen molar-refractivity contribution in [1.29, 1.82) is 0 Å². The van der Waals surface area contributed by atoms with Crippen molar-refractivity contribution >= 4 is 11.0 Å². The third-order valence-electron chi connectivity index (χ3n) is 4.28. The number of hydrogen-bond donors (Lipinski definition) is 2. The highest BCUT2D eigenvalue weighted by Gasteiger charge is 2.50. The minimum atomic E-state index is -4.80. The minimum Gasteiger partial charge on any atom is -0.291 e. The Hall–Kier alpha value is -2.84. The molecule has 1 aliphatic rings. The van der Waals surface area contributed by atoms with Gasteiger partial charge in [-0.25, -0.2) is 9.48 Å². The van der Waals surface area contributed by atoms with Crippen LogP contribution in [0.25, 0.3) is 11.0 Å². The maximum absolute atomic E-state index is 13.3. The third kappa shape index (κ3) is 2.00. The topological polar surface area (TPSA) is 83.5 Å². The minimum absolute atomic E-state index is 0.211. The Morgan fingerprint density at radius 3 is 2.33 bits per heavy atom.